The van der Waals surface area contributed by atoms with Crippen molar-refractivity contribution in [3.63, 3.8) is 0 Å². The molecule has 0 fully saturated rings. The molecule has 78 valence electrons. The van der Waals surface area contributed by atoms with E-state index in [9.17, 15) is 4.79 Å². The number of allylic oxidation sites excluding steroid dienone is 2. The van der Waals surface area contributed by atoms with Crippen molar-refractivity contribution < 1.29 is 9.90 Å². The largest absolute Gasteiger partial charge is 0.481 e. The lowest BCUT2D eigenvalue weighted by molar-refractivity contribution is -0.142. The molecular weight excluding hydrogens is 188 g/mol. The summed E-state index contributed by atoms with van der Waals surface area (Å²) >= 11 is 0. The number of hydrogen-bond acceptors (Lipinski definition) is 1. The van der Waals surface area contributed by atoms with Gasteiger partial charge in [0, 0.05) is 5.92 Å². The van der Waals surface area contributed by atoms with Crippen LogP contribution >= 0.6 is 0 Å². The second kappa shape index (κ2) is 4.30. The van der Waals surface area contributed by atoms with Gasteiger partial charge in [0.05, 0.1) is 5.92 Å². The molecule has 0 aliphatic heterocycles. The Labute approximate surface area is 89.2 Å². The van der Waals surface area contributed by atoms with Gasteiger partial charge in [-0.05, 0) is 18.4 Å². The van der Waals surface area contributed by atoms with Crippen molar-refractivity contribution >= 4 is 5.97 Å². The fraction of sp³-hybridized carbons (Fsp3) is 0.308. The van der Waals surface area contributed by atoms with Crippen LogP contribution in [-0.2, 0) is 4.79 Å². The first-order chi connectivity index (χ1) is 7.29. The van der Waals surface area contributed by atoms with Gasteiger partial charge in [-0.1, -0.05) is 42.5 Å². The topological polar surface area (TPSA) is 37.3 Å². The molecule has 1 aromatic carbocycles. The molecule has 0 bridgehead atoms. The summed E-state index contributed by atoms with van der Waals surface area (Å²) in [5.41, 5.74) is 1.10. The molecule has 0 saturated carbocycles. The summed E-state index contributed by atoms with van der Waals surface area (Å²) in [6.45, 7) is 0. The highest BCUT2D eigenvalue weighted by atomic mass is 16.4. The Kier molecular flexibility index (Phi) is 2.86. The molecule has 2 heteroatoms. The lowest BCUT2D eigenvalue weighted by Gasteiger charge is -2.24. The number of benzene rings is 1. The van der Waals surface area contributed by atoms with Crippen LogP contribution in [0.5, 0.6) is 0 Å². The molecule has 1 N–H and O–H groups in total. The summed E-state index contributed by atoms with van der Waals surface area (Å²) in [6, 6.07) is 9.85. The Morgan fingerprint density at radius 2 is 2.00 bits per heavy atom. The molecule has 0 amide bonds. The first-order valence-electron chi connectivity index (χ1n) is 5.23. The predicted octanol–water partition coefficient (Wildman–Crippen LogP) is 2.82. The van der Waals surface area contributed by atoms with E-state index in [1.165, 1.54) is 0 Å². The number of carbonyl (C=O) groups is 1. The third-order valence-electron chi connectivity index (χ3n) is 2.92. The minimum absolute atomic E-state index is 0.0393. The van der Waals surface area contributed by atoms with E-state index in [1.54, 1.807) is 0 Å². The zero-order valence-corrected chi connectivity index (χ0v) is 8.47. The molecule has 0 heterocycles. The van der Waals surface area contributed by atoms with Crippen molar-refractivity contribution in [3.8, 4) is 0 Å². The summed E-state index contributed by atoms with van der Waals surface area (Å²) in [5.74, 6) is -0.914. The monoisotopic (exact) mass is 202 g/mol. The van der Waals surface area contributed by atoms with Crippen molar-refractivity contribution in [2.45, 2.75) is 18.8 Å². The zero-order valence-electron chi connectivity index (χ0n) is 8.47. The van der Waals surface area contributed by atoms with E-state index >= 15 is 0 Å². The Bertz CT molecular complexity index is 367. The van der Waals surface area contributed by atoms with Gasteiger partial charge in [0.2, 0.25) is 0 Å². The maximum absolute atomic E-state index is 11.1. The number of rotatable bonds is 2. The fourth-order valence-electron chi connectivity index (χ4n) is 2.13. The fourth-order valence-corrected chi connectivity index (χ4v) is 2.13. The number of carboxylic acid groups (broad SMARTS) is 1. The van der Waals surface area contributed by atoms with Crippen LogP contribution in [0.25, 0.3) is 0 Å². The second-order valence-electron chi connectivity index (χ2n) is 3.89. The van der Waals surface area contributed by atoms with E-state index < -0.39 is 5.97 Å². The quantitative estimate of drug-likeness (QED) is 0.749. The highest BCUT2D eigenvalue weighted by Crippen LogP contribution is 2.33. The third-order valence-corrected chi connectivity index (χ3v) is 2.92. The van der Waals surface area contributed by atoms with Gasteiger partial charge in [-0.3, -0.25) is 4.79 Å². The third kappa shape index (κ3) is 2.09. The predicted molar refractivity (Wildman–Crippen MR) is 58.7 cm³/mol. The molecule has 15 heavy (non-hydrogen) atoms. The lowest BCUT2D eigenvalue weighted by atomic mass is 9.80. The van der Waals surface area contributed by atoms with Crippen LogP contribution in [0.4, 0.5) is 0 Å². The van der Waals surface area contributed by atoms with Gasteiger partial charge in [0.1, 0.15) is 0 Å². The van der Waals surface area contributed by atoms with E-state index in [0.29, 0.717) is 0 Å². The summed E-state index contributed by atoms with van der Waals surface area (Å²) < 4.78 is 0. The van der Waals surface area contributed by atoms with Crippen molar-refractivity contribution in [1.29, 1.82) is 0 Å². The first kappa shape index (κ1) is 9.97. The van der Waals surface area contributed by atoms with Gasteiger partial charge in [-0.2, -0.15) is 0 Å². The van der Waals surface area contributed by atoms with Gasteiger partial charge in [0.25, 0.3) is 0 Å². The van der Waals surface area contributed by atoms with Crippen LogP contribution in [0.2, 0.25) is 0 Å². The maximum Gasteiger partial charge on any atom is 0.307 e. The summed E-state index contributed by atoms with van der Waals surface area (Å²) in [6.07, 6.45) is 5.72. The lowest BCUT2D eigenvalue weighted by Crippen LogP contribution is -2.22. The van der Waals surface area contributed by atoms with E-state index in [0.717, 1.165) is 18.4 Å². The molecule has 1 aromatic rings. The molecule has 2 rings (SSSR count). The van der Waals surface area contributed by atoms with Crippen LogP contribution in [0, 0.1) is 5.92 Å². The zero-order chi connectivity index (χ0) is 10.7. The molecule has 0 aromatic heterocycles. The molecule has 2 atom stereocenters. The molecule has 1 aliphatic carbocycles. The van der Waals surface area contributed by atoms with E-state index in [2.05, 4.69) is 6.08 Å². The number of carboxylic acids is 1. The Morgan fingerprint density at radius 3 is 2.67 bits per heavy atom. The van der Waals surface area contributed by atoms with Crippen molar-refractivity contribution in [2.75, 3.05) is 0 Å². The van der Waals surface area contributed by atoms with Crippen LogP contribution in [0.15, 0.2) is 42.5 Å². The van der Waals surface area contributed by atoms with Gasteiger partial charge >= 0.3 is 5.97 Å². The van der Waals surface area contributed by atoms with Crippen LogP contribution in [0.1, 0.15) is 24.3 Å². The molecule has 1 aliphatic rings. The standard InChI is InChI=1S/C13H14O2/c14-13(15)12-9-5-4-8-11(12)10-6-2-1-3-7-10/h1-4,6-8,11-12H,5,9H2,(H,14,15)/t11-,12+/m1/s1. The minimum Gasteiger partial charge on any atom is -0.481 e. The molecule has 0 unspecified atom stereocenters. The maximum atomic E-state index is 11.1. The Morgan fingerprint density at radius 1 is 1.27 bits per heavy atom. The summed E-state index contributed by atoms with van der Waals surface area (Å²) in [7, 11) is 0. The van der Waals surface area contributed by atoms with Gasteiger partial charge in [-0.15, -0.1) is 0 Å². The van der Waals surface area contributed by atoms with Crippen LogP contribution in [-0.4, -0.2) is 11.1 Å². The van der Waals surface area contributed by atoms with Crippen molar-refractivity contribution in [3.05, 3.63) is 48.0 Å². The van der Waals surface area contributed by atoms with Crippen molar-refractivity contribution in [2.24, 2.45) is 5.92 Å². The molecule has 0 saturated heterocycles. The molecule has 0 spiro atoms. The average molecular weight is 202 g/mol. The highest BCUT2D eigenvalue weighted by molar-refractivity contribution is 5.72. The van der Waals surface area contributed by atoms with Gasteiger partial charge in [-0.25, -0.2) is 0 Å². The van der Waals surface area contributed by atoms with Crippen LogP contribution in [0.3, 0.4) is 0 Å². The SMILES string of the molecule is O=C(O)[C@H]1CCC=C[C@@H]1c1ccccc1. The molecular formula is C13H14O2. The second-order valence-corrected chi connectivity index (χ2v) is 3.89. The van der Waals surface area contributed by atoms with Gasteiger partial charge in [0.15, 0.2) is 0 Å². The van der Waals surface area contributed by atoms with Gasteiger partial charge < -0.3 is 5.11 Å². The first-order valence-corrected chi connectivity index (χ1v) is 5.23. The smallest absolute Gasteiger partial charge is 0.307 e. The molecule has 2 nitrogen and oxygen atoms in total. The Hall–Kier alpha value is -1.57. The molecule has 0 radical (unpaired) electrons. The van der Waals surface area contributed by atoms with Crippen molar-refractivity contribution in [1.82, 2.24) is 0 Å². The van der Waals surface area contributed by atoms with E-state index in [-0.39, 0.29) is 11.8 Å². The highest BCUT2D eigenvalue weighted by Gasteiger charge is 2.28. The van der Waals surface area contributed by atoms with E-state index in [1.807, 2.05) is 36.4 Å². The van der Waals surface area contributed by atoms with E-state index in [4.69, 9.17) is 5.11 Å². The summed E-state index contributed by atoms with van der Waals surface area (Å²) in [4.78, 5) is 11.1. The van der Waals surface area contributed by atoms with Crippen LogP contribution < -0.4 is 0 Å². The average Bonchev–Trinajstić information content (AvgIpc) is 2.30. The normalized spacial score (nSPS) is 25.1. The Balaban J connectivity index is 2.29. The minimum atomic E-state index is -0.687. The summed E-state index contributed by atoms with van der Waals surface area (Å²) in [5, 5.41) is 9.14. The number of hydrogen-bond donors (Lipinski definition) is 1. The number of aliphatic carboxylic acids is 1.